The Hall–Kier alpha value is -1.46. The van der Waals surface area contributed by atoms with Crippen LogP contribution in [0.15, 0.2) is 30.5 Å². The number of fused-ring (bicyclic) bond motifs is 1. The normalized spacial score (nSPS) is 14.2. The van der Waals surface area contributed by atoms with Crippen molar-refractivity contribution in [3.63, 3.8) is 0 Å². The highest BCUT2D eigenvalue weighted by Gasteiger charge is 2.17. The molecular formula is C16H23N2O2S+. The zero-order valence-electron chi connectivity index (χ0n) is 12.3. The van der Waals surface area contributed by atoms with Gasteiger partial charge in [0.1, 0.15) is 17.5 Å². The molecule has 21 heavy (non-hydrogen) atoms. The summed E-state index contributed by atoms with van der Waals surface area (Å²) in [5.41, 5.74) is 8.09. The Labute approximate surface area is 128 Å². The molecule has 0 radical (unpaired) electrons. The van der Waals surface area contributed by atoms with Gasteiger partial charge in [-0.3, -0.25) is 4.79 Å². The van der Waals surface area contributed by atoms with Crippen LogP contribution in [0.3, 0.4) is 0 Å². The summed E-state index contributed by atoms with van der Waals surface area (Å²) in [6.07, 6.45) is 7.06. The number of hydrogen-bond donors (Lipinski definition) is 3. The third-order valence-corrected chi connectivity index (χ3v) is 5.63. The molecule has 0 fully saturated rings. The minimum absolute atomic E-state index is 0.244. The van der Waals surface area contributed by atoms with Crippen LogP contribution >= 0.6 is 0 Å². The van der Waals surface area contributed by atoms with Crippen LogP contribution in [0.25, 0.3) is 10.9 Å². The second kappa shape index (κ2) is 7.52. The molecule has 0 amide bonds. The van der Waals surface area contributed by atoms with E-state index in [1.54, 1.807) is 0 Å². The van der Waals surface area contributed by atoms with Crippen LogP contribution < -0.4 is 5.73 Å². The van der Waals surface area contributed by atoms with E-state index in [4.69, 9.17) is 10.8 Å². The lowest BCUT2D eigenvalue weighted by atomic mass is 10.1. The predicted molar refractivity (Wildman–Crippen MR) is 89.9 cm³/mol. The molecule has 1 aromatic heterocycles. The highest BCUT2D eigenvalue weighted by atomic mass is 32.2. The summed E-state index contributed by atoms with van der Waals surface area (Å²) < 4.78 is 0. The van der Waals surface area contributed by atoms with Crippen LogP contribution in [-0.4, -0.2) is 39.9 Å². The van der Waals surface area contributed by atoms with Crippen molar-refractivity contribution in [3.05, 3.63) is 36.0 Å². The average molecular weight is 307 g/mol. The summed E-state index contributed by atoms with van der Waals surface area (Å²) in [5, 5.41) is 10.1. The molecule has 2 aromatic rings. The molecule has 0 bridgehead atoms. The maximum absolute atomic E-state index is 10.7. The number of benzene rings is 1. The minimum Gasteiger partial charge on any atom is -0.480 e. The van der Waals surface area contributed by atoms with Crippen molar-refractivity contribution in [1.29, 1.82) is 0 Å². The van der Waals surface area contributed by atoms with Gasteiger partial charge in [0.05, 0.1) is 6.26 Å². The van der Waals surface area contributed by atoms with Crippen molar-refractivity contribution in [2.24, 2.45) is 5.73 Å². The second-order valence-electron chi connectivity index (χ2n) is 5.39. The minimum atomic E-state index is -0.897. The Morgan fingerprint density at radius 1 is 1.38 bits per heavy atom. The molecule has 1 aromatic carbocycles. The Morgan fingerprint density at radius 3 is 2.90 bits per heavy atom. The van der Waals surface area contributed by atoms with Crippen LogP contribution in [0.4, 0.5) is 0 Å². The zero-order valence-corrected chi connectivity index (χ0v) is 13.2. The molecule has 0 aliphatic heterocycles. The number of rotatable bonds is 8. The van der Waals surface area contributed by atoms with Gasteiger partial charge in [-0.05, 0) is 35.4 Å². The van der Waals surface area contributed by atoms with Crippen molar-refractivity contribution < 1.29 is 9.90 Å². The summed E-state index contributed by atoms with van der Waals surface area (Å²) in [7, 11) is 0.244. The van der Waals surface area contributed by atoms with Crippen LogP contribution in [0.5, 0.6) is 0 Å². The van der Waals surface area contributed by atoms with Gasteiger partial charge in [0.15, 0.2) is 0 Å². The van der Waals surface area contributed by atoms with E-state index >= 15 is 0 Å². The largest absolute Gasteiger partial charge is 0.480 e. The van der Waals surface area contributed by atoms with Crippen LogP contribution in [0.1, 0.15) is 18.4 Å². The maximum atomic E-state index is 10.7. The molecule has 4 nitrogen and oxygen atoms in total. The summed E-state index contributed by atoms with van der Waals surface area (Å²) in [6.45, 7) is 0. The fraction of sp³-hybridized carbons (Fsp3) is 0.438. The number of hydrogen-bond acceptors (Lipinski definition) is 2. The lowest BCUT2D eigenvalue weighted by Crippen LogP contribution is -2.32. The van der Waals surface area contributed by atoms with Crippen molar-refractivity contribution in [2.45, 2.75) is 25.3 Å². The van der Waals surface area contributed by atoms with E-state index in [-0.39, 0.29) is 10.9 Å². The maximum Gasteiger partial charge on any atom is 0.320 e. The van der Waals surface area contributed by atoms with Gasteiger partial charge in [0.25, 0.3) is 0 Å². The van der Waals surface area contributed by atoms with E-state index < -0.39 is 12.0 Å². The van der Waals surface area contributed by atoms with E-state index in [1.807, 2.05) is 6.07 Å². The van der Waals surface area contributed by atoms with Crippen molar-refractivity contribution in [1.82, 2.24) is 4.98 Å². The van der Waals surface area contributed by atoms with E-state index in [2.05, 4.69) is 35.6 Å². The smallest absolute Gasteiger partial charge is 0.320 e. The summed E-state index contributed by atoms with van der Waals surface area (Å²) in [4.78, 5) is 14.0. The van der Waals surface area contributed by atoms with Gasteiger partial charge in [-0.1, -0.05) is 18.2 Å². The number of nitrogens with one attached hydrogen (secondary N) is 1. The first-order valence-electron chi connectivity index (χ1n) is 7.20. The Morgan fingerprint density at radius 2 is 2.14 bits per heavy atom. The molecule has 0 saturated carbocycles. The number of H-pyrrole nitrogens is 1. The molecule has 5 heteroatoms. The van der Waals surface area contributed by atoms with Crippen molar-refractivity contribution >= 4 is 27.8 Å². The highest BCUT2D eigenvalue weighted by molar-refractivity contribution is 7.96. The van der Waals surface area contributed by atoms with Crippen molar-refractivity contribution in [3.8, 4) is 0 Å². The average Bonchev–Trinajstić information content (AvgIpc) is 2.88. The molecule has 114 valence electrons. The molecular weight excluding hydrogens is 284 g/mol. The van der Waals surface area contributed by atoms with E-state index in [0.29, 0.717) is 6.42 Å². The van der Waals surface area contributed by atoms with Crippen LogP contribution in [0.2, 0.25) is 0 Å². The van der Waals surface area contributed by atoms with E-state index in [9.17, 15) is 4.79 Å². The number of carboxylic acid groups (broad SMARTS) is 1. The third kappa shape index (κ3) is 4.51. The quantitative estimate of drug-likeness (QED) is 0.654. The number of aromatic nitrogens is 1. The monoisotopic (exact) mass is 307 g/mol. The fourth-order valence-electron chi connectivity index (χ4n) is 2.40. The second-order valence-corrected chi connectivity index (χ2v) is 7.77. The molecule has 0 spiro atoms. The first-order chi connectivity index (χ1) is 10.1. The lowest BCUT2D eigenvalue weighted by molar-refractivity contribution is -0.138. The van der Waals surface area contributed by atoms with E-state index in [1.165, 1.54) is 16.5 Å². The lowest BCUT2D eigenvalue weighted by Gasteiger charge is -2.06. The zero-order chi connectivity index (χ0) is 15.2. The number of nitrogens with two attached hydrogens (primary N) is 1. The number of aliphatic carboxylic acids is 1. The molecule has 0 aliphatic rings. The fourth-order valence-corrected chi connectivity index (χ4v) is 3.90. The van der Waals surface area contributed by atoms with Crippen molar-refractivity contribution in [2.75, 3.05) is 17.8 Å². The van der Waals surface area contributed by atoms with Gasteiger partial charge >= 0.3 is 5.97 Å². The number of carboxylic acids is 1. The molecule has 4 N–H and O–H groups in total. The van der Waals surface area contributed by atoms with Crippen LogP contribution in [0, 0.1) is 0 Å². The van der Waals surface area contributed by atoms with Gasteiger partial charge in [0, 0.05) is 23.5 Å². The van der Waals surface area contributed by atoms with Gasteiger partial charge in [-0.2, -0.15) is 0 Å². The Kier molecular flexibility index (Phi) is 5.70. The first kappa shape index (κ1) is 15.9. The number of carbonyl (C=O) groups is 1. The number of aryl methyl sites for hydroxylation is 1. The van der Waals surface area contributed by atoms with E-state index in [0.717, 1.165) is 24.3 Å². The number of aromatic amines is 1. The van der Waals surface area contributed by atoms with Gasteiger partial charge in [0.2, 0.25) is 0 Å². The summed E-state index contributed by atoms with van der Waals surface area (Å²) in [6, 6.07) is 7.64. The molecule has 0 saturated heterocycles. The predicted octanol–water partition coefficient (Wildman–Crippen LogP) is 2.15. The summed E-state index contributed by atoms with van der Waals surface area (Å²) in [5.74, 6) is 1.14. The summed E-state index contributed by atoms with van der Waals surface area (Å²) >= 11 is 0. The molecule has 1 heterocycles. The standard InChI is InChI=1S/C16H22N2O2S/c1-21(10-8-14(17)16(19)20)9-4-5-12-11-18-15-7-3-2-6-13(12)15/h2-3,6-7,11,14,18H,4-5,8-10,17H2,1H3/p+1. The first-order valence-corrected chi connectivity index (χ1v) is 9.17. The number of para-hydroxylation sites is 1. The topological polar surface area (TPSA) is 79.1 Å². The Bertz CT molecular complexity index is 597. The SMILES string of the molecule is C[S+](CCCc1c[nH]c2ccccc12)CCC(N)C(=O)O. The van der Waals surface area contributed by atoms with Gasteiger partial charge in [-0.15, -0.1) is 0 Å². The van der Waals surface area contributed by atoms with Gasteiger partial charge in [-0.25, -0.2) is 0 Å². The molecule has 0 aliphatic carbocycles. The molecule has 2 atom stereocenters. The molecule has 2 rings (SSSR count). The molecule has 2 unspecified atom stereocenters. The third-order valence-electron chi connectivity index (χ3n) is 3.71. The highest BCUT2D eigenvalue weighted by Crippen LogP contribution is 2.19. The van der Waals surface area contributed by atoms with Crippen LogP contribution in [-0.2, 0) is 22.1 Å². The van der Waals surface area contributed by atoms with Gasteiger partial charge < -0.3 is 15.8 Å². The Balaban J connectivity index is 1.75.